The average molecular weight is 383 g/mol. The van der Waals surface area contributed by atoms with Crippen molar-refractivity contribution >= 4 is 12.2 Å². The largest absolute Gasteiger partial charge is 0.491 e. The molecule has 27 heavy (non-hydrogen) atoms. The highest BCUT2D eigenvalue weighted by Gasteiger charge is 2.32. The summed E-state index contributed by atoms with van der Waals surface area (Å²) in [6.45, 7) is 6.83. The molecule has 1 heterocycles. The van der Waals surface area contributed by atoms with Crippen molar-refractivity contribution in [2.75, 3.05) is 0 Å². The van der Waals surface area contributed by atoms with Crippen molar-refractivity contribution in [1.82, 2.24) is 14.8 Å². The predicted octanol–water partition coefficient (Wildman–Crippen LogP) is 4.33. The molecular formula is C18H20F3N3O3. The summed E-state index contributed by atoms with van der Waals surface area (Å²) in [4.78, 5) is 15.2. The second-order valence-electron chi connectivity index (χ2n) is 6.50. The number of nitrogens with zero attached hydrogens (tertiary/aromatic N) is 3. The molecule has 0 radical (unpaired) electrons. The number of carboxylic acid groups (broad SMARTS) is 1. The van der Waals surface area contributed by atoms with Crippen molar-refractivity contribution in [2.24, 2.45) is 5.92 Å². The summed E-state index contributed by atoms with van der Waals surface area (Å²) in [5.41, 5.74) is -0.663. The van der Waals surface area contributed by atoms with Gasteiger partial charge in [0.05, 0.1) is 17.2 Å². The highest BCUT2D eigenvalue weighted by Crippen LogP contribution is 2.35. The van der Waals surface area contributed by atoms with E-state index < -0.39 is 17.7 Å². The molecule has 1 N–H and O–H groups in total. The standard InChI is InChI=1S/C18H20F3N3O3/c1-10(2)15(17(25)26)8-24-9-22-16(23-24)12-5-13(18(19,20)21)7-14(6-12)27-11(3)4/h5-11H,1-4H3,(H,25,26)/b15-8+. The summed E-state index contributed by atoms with van der Waals surface area (Å²) in [5.74, 6) is -1.29. The zero-order chi connectivity index (χ0) is 20.4. The van der Waals surface area contributed by atoms with Crippen LogP contribution < -0.4 is 4.74 Å². The maximum atomic E-state index is 13.2. The molecule has 9 heteroatoms. The molecule has 0 unspecified atom stereocenters. The highest BCUT2D eigenvalue weighted by molar-refractivity contribution is 5.90. The third kappa shape index (κ3) is 5.32. The number of alkyl halides is 3. The van der Waals surface area contributed by atoms with Crippen molar-refractivity contribution in [1.29, 1.82) is 0 Å². The maximum absolute atomic E-state index is 13.2. The van der Waals surface area contributed by atoms with Crippen molar-refractivity contribution in [3.05, 3.63) is 35.7 Å². The van der Waals surface area contributed by atoms with Gasteiger partial charge in [0.15, 0.2) is 5.82 Å². The first-order valence-corrected chi connectivity index (χ1v) is 8.23. The van der Waals surface area contributed by atoms with Crippen LogP contribution in [0.5, 0.6) is 5.75 Å². The van der Waals surface area contributed by atoms with E-state index in [2.05, 4.69) is 10.1 Å². The van der Waals surface area contributed by atoms with Gasteiger partial charge in [-0.1, -0.05) is 13.8 Å². The summed E-state index contributed by atoms with van der Waals surface area (Å²) >= 11 is 0. The number of rotatable bonds is 6. The number of carbonyl (C=O) groups is 1. The SMILES string of the molecule is CC(C)Oc1cc(-c2ncn(/C=C(/C(=O)O)C(C)C)n2)cc(C(F)(F)F)c1. The van der Waals surface area contributed by atoms with Gasteiger partial charge in [0.1, 0.15) is 12.1 Å². The molecule has 0 amide bonds. The van der Waals surface area contributed by atoms with Gasteiger partial charge in [0.25, 0.3) is 0 Å². The van der Waals surface area contributed by atoms with Crippen molar-refractivity contribution in [3.63, 3.8) is 0 Å². The van der Waals surface area contributed by atoms with Crippen LogP contribution in [0.25, 0.3) is 17.6 Å². The van der Waals surface area contributed by atoms with Crippen LogP contribution in [0.2, 0.25) is 0 Å². The quantitative estimate of drug-likeness (QED) is 0.751. The number of aromatic nitrogens is 3. The number of hydrogen-bond donors (Lipinski definition) is 1. The fraction of sp³-hybridized carbons (Fsp3) is 0.389. The van der Waals surface area contributed by atoms with E-state index >= 15 is 0 Å². The molecule has 0 spiro atoms. The lowest BCUT2D eigenvalue weighted by atomic mass is 10.1. The number of hydrogen-bond acceptors (Lipinski definition) is 4. The predicted molar refractivity (Wildman–Crippen MR) is 93.0 cm³/mol. The Morgan fingerprint density at radius 2 is 1.89 bits per heavy atom. The van der Waals surface area contributed by atoms with E-state index in [9.17, 15) is 23.1 Å². The Kier molecular flexibility index (Phi) is 5.92. The van der Waals surface area contributed by atoms with Crippen molar-refractivity contribution < 1.29 is 27.8 Å². The monoisotopic (exact) mass is 383 g/mol. The van der Waals surface area contributed by atoms with E-state index in [0.717, 1.165) is 12.1 Å². The number of aliphatic carboxylic acids is 1. The molecule has 1 aromatic carbocycles. The Morgan fingerprint density at radius 1 is 1.22 bits per heavy atom. The van der Waals surface area contributed by atoms with E-state index in [1.807, 2.05) is 0 Å². The van der Waals surface area contributed by atoms with Gasteiger partial charge in [-0.3, -0.25) is 0 Å². The van der Waals surface area contributed by atoms with Crippen LogP contribution in [0.4, 0.5) is 13.2 Å². The molecule has 0 saturated heterocycles. The zero-order valence-electron chi connectivity index (χ0n) is 15.3. The maximum Gasteiger partial charge on any atom is 0.416 e. The lowest BCUT2D eigenvalue weighted by Gasteiger charge is -2.14. The molecule has 0 aliphatic carbocycles. The topological polar surface area (TPSA) is 77.2 Å². The Bertz CT molecular complexity index is 855. The zero-order valence-corrected chi connectivity index (χ0v) is 15.3. The minimum Gasteiger partial charge on any atom is -0.491 e. The van der Waals surface area contributed by atoms with Crippen molar-refractivity contribution in [2.45, 2.75) is 40.0 Å². The number of carboxylic acids is 1. The third-order valence-electron chi connectivity index (χ3n) is 3.51. The normalized spacial score (nSPS) is 12.7. The van der Waals surface area contributed by atoms with Gasteiger partial charge in [0, 0.05) is 11.8 Å². The molecule has 2 aromatic rings. The average Bonchev–Trinajstić information content (AvgIpc) is 2.99. The Balaban J connectivity index is 2.48. The first-order chi connectivity index (χ1) is 12.5. The second kappa shape index (κ2) is 7.81. The first-order valence-electron chi connectivity index (χ1n) is 8.23. The van der Waals surface area contributed by atoms with Gasteiger partial charge in [-0.15, -0.1) is 5.10 Å². The molecule has 0 atom stereocenters. The van der Waals surface area contributed by atoms with Gasteiger partial charge < -0.3 is 9.84 Å². The Hall–Kier alpha value is -2.84. The summed E-state index contributed by atoms with van der Waals surface area (Å²) in [6.07, 6.45) is -2.34. The summed E-state index contributed by atoms with van der Waals surface area (Å²) in [7, 11) is 0. The van der Waals surface area contributed by atoms with Crippen LogP contribution in [0.1, 0.15) is 33.3 Å². The highest BCUT2D eigenvalue weighted by atomic mass is 19.4. The van der Waals surface area contributed by atoms with Crippen LogP contribution in [0, 0.1) is 5.92 Å². The molecule has 0 saturated carbocycles. The molecule has 6 nitrogen and oxygen atoms in total. The lowest BCUT2D eigenvalue weighted by molar-refractivity contribution is -0.137. The van der Waals surface area contributed by atoms with Gasteiger partial charge in [-0.2, -0.15) is 13.2 Å². The fourth-order valence-electron chi connectivity index (χ4n) is 2.30. The minimum atomic E-state index is -4.55. The Labute approximate surface area is 154 Å². The van der Waals surface area contributed by atoms with Gasteiger partial charge in [-0.25, -0.2) is 14.5 Å². The molecule has 0 aliphatic heterocycles. The fourth-order valence-corrected chi connectivity index (χ4v) is 2.30. The van der Waals surface area contributed by atoms with Crippen LogP contribution in [0.15, 0.2) is 30.1 Å². The number of halogens is 3. The van der Waals surface area contributed by atoms with Crippen molar-refractivity contribution in [3.8, 4) is 17.1 Å². The number of benzene rings is 1. The van der Waals surface area contributed by atoms with Crippen LogP contribution in [-0.2, 0) is 11.0 Å². The van der Waals surface area contributed by atoms with Gasteiger partial charge >= 0.3 is 12.1 Å². The lowest BCUT2D eigenvalue weighted by Crippen LogP contribution is -2.09. The van der Waals surface area contributed by atoms with E-state index in [0.29, 0.717) is 0 Å². The van der Waals surface area contributed by atoms with Gasteiger partial charge in [0.2, 0.25) is 0 Å². The Morgan fingerprint density at radius 3 is 2.41 bits per heavy atom. The van der Waals surface area contributed by atoms with Gasteiger partial charge in [-0.05, 0) is 38.0 Å². The summed E-state index contributed by atoms with van der Waals surface area (Å²) in [5, 5.41) is 13.3. The third-order valence-corrected chi connectivity index (χ3v) is 3.51. The smallest absolute Gasteiger partial charge is 0.416 e. The van der Waals surface area contributed by atoms with Crippen LogP contribution >= 0.6 is 0 Å². The van der Waals surface area contributed by atoms with E-state index in [1.54, 1.807) is 27.7 Å². The summed E-state index contributed by atoms with van der Waals surface area (Å²) < 4.78 is 46.1. The molecule has 1 aromatic heterocycles. The molecular weight excluding hydrogens is 363 g/mol. The van der Waals surface area contributed by atoms with E-state index in [4.69, 9.17) is 4.74 Å². The molecule has 2 rings (SSSR count). The van der Waals surface area contributed by atoms with Crippen LogP contribution in [-0.4, -0.2) is 31.9 Å². The van der Waals surface area contributed by atoms with Crippen LogP contribution in [0.3, 0.4) is 0 Å². The van der Waals surface area contributed by atoms with E-state index in [-0.39, 0.29) is 34.7 Å². The number of ether oxygens (including phenoxy) is 1. The second-order valence-corrected chi connectivity index (χ2v) is 6.50. The summed E-state index contributed by atoms with van der Waals surface area (Å²) in [6, 6.07) is 3.26. The first kappa shape index (κ1) is 20.5. The molecule has 146 valence electrons. The van der Waals surface area contributed by atoms with E-state index in [1.165, 1.54) is 23.3 Å². The minimum absolute atomic E-state index is 0.0273. The molecule has 0 bridgehead atoms. The molecule has 0 fully saturated rings. The molecule has 0 aliphatic rings.